The molecule has 2 atom stereocenters. The van der Waals surface area contributed by atoms with Crippen molar-refractivity contribution >= 4 is 5.91 Å². The van der Waals surface area contributed by atoms with Crippen LogP contribution < -0.4 is 5.73 Å². The van der Waals surface area contributed by atoms with Gasteiger partial charge in [-0.05, 0) is 43.9 Å². The van der Waals surface area contributed by atoms with Crippen molar-refractivity contribution in [3.63, 3.8) is 0 Å². The second-order valence-electron chi connectivity index (χ2n) is 7.85. The zero-order valence-corrected chi connectivity index (χ0v) is 13.0. The lowest BCUT2D eigenvalue weighted by atomic mass is 9.74. The molecule has 1 saturated carbocycles. The van der Waals surface area contributed by atoms with Crippen molar-refractivity contribution in [1.29, 1.82) is 0 Å². The number of piperidine rings is 1. The zero-order valence-electron chi connectivity index (χ0n) is 13.0. The Morgan fingerprint density at radius 1 is 1.21 bits per heavy atom. The number of hydrogen-bond donors (Lipinski definition) is 1. The molecule has 3 heteroatoms. The van der Waals surface area contributed by atoms with E-state index in [1.807, 2.05) is 0 Å². The molecule has 0 aromatic carbocycles. The van der Waals surface area contributed by atoms with E-state index in [1.165, 1.54) is 0 Å². The molecule has 0 radical (unpaired) electrons. The average Bonchev–Trinajstić information content (AvgIpc) is 2.69. The molecule has 1 saturated heterocycles. The molecular formula is C16H30N2O. The SMILES string of the molecule is CC(C)(C)C1CCN(C(=O)C2(C)CCCC2N)CC1. The number of amides is 1. The number of likely N-dealkylation sites (tertiary alicyclic amines) is 1. The Morgan fingerprint density at radius 3 is 2.21 bits per heavy atom. The maximum absolute atomic E-state index is 12.7. The molecule has 0 aromatic rings. The average molecular weight is 266 g/mol. The fraction of sp³-hybridized carbons (Fsp3) is 0.938. The van der Waals surface area contributed by atoms with Gasteiger partial charge in [-0.3, -0.25) is 4.79 Å². The van der Waals surface area contributed by atoms with Crippen LogP contribution >= 0.6 is 0 Å². The van der Waals surface area contributed by atoms with Crippen LogP contribution in [-0.4, -0.2) is 29.9 Å². The van der Waals surface area contributed by atoms with Crippen molar-refractivity contribution in [2.75, 3.05) is 13.1 Å². The summed E-state index contributed by atoms with van der Waals surface area (Å²) in [5.41, 5.74) is 6.24. The van der Waals surface area contributed by atoms with E-state index < -0.39 is 0 Å². The van der Waals surface area contributed by atoms with Crippen LogP contribution in [0.2, 0.25) is 0 Å². The molecule has 1 heterocycles. The topological polar surface area (TPSA) is 46.3 Å². The van der Waals surface area contributed by atoms with Crippen molar-refractivity contribution in [3.8, 4) is 0 Å². The normalized spacial score (nSPS) is 33.7. The van der Waals surface area contributed by atoms with Crippen molar-refractivity contribution in [2.24, 2.45) is 22.5 Å². The predicted molar refractivity (Wildman–Crippen MR) is 78.7 cm³/mol. The number of carbonyl (C=O) groups is 1. The van der Waals surface area contributed by atoms with Gasteiger partial charge < -0.3 is 10.6 Å². The molecule has 110 valence electrons. The van der Waals surface area contributed by atoms with Gasteiger partial charge in [-0.2, -0.15) is 0 Å². The van der Waals surface area contributed by atoms with Gasteiger partial charge in [-0.15, -0.1) is 0 Å². The fourth-order valence-corrected chi connectivity index (χ4v) is 3.77. The third-order valence-corrected chi connectivity index (χ3v) is 5.53. The molecule has 1 amide bonds. The monoisotopic (exact) mass is 266 g/mol. The van der Waals surface area contributed by atoms with Gasteiger partial charge in [0.2, 0.25) is 5.91 Å². The van der Waals surface area contributed by atoms with Crippen molar-refractivity contribution in [2.45, 2.75) is 65.8 Å². The van der Waals surface area contributed by atoms with Gasteiger partial charge in [-0.1, -0.05) is 27.2 Å². The Labute approximate surface area is 117 Å². The van der Waals surface area contributed by atoms with E-state index in [2.05, 4.69) is 32.6 Å². The summed E-state index contributed by atoms with van der Waals surface area (Å²) in [5, 5.41) is 0. The van der Waals surface area contributed by atoms with Gasteiger partial charge in [0.1, 0.15) is 0 Å². The molecule has 0 aromatic heterocycles. The van der Waals surface area contributed by atoms with E-state index in [0.717, 1.165) is 51.1 Å². The van der Waals surface area contributed by atoms with Crippen molar-refractivity contribution < 1.29 is 4.79 Å². The minimum absolute atomic E-state index is 0.0559. The van der Waals surface area contributed by atoms with E-state index in [-0.39, 0.29) is 11.5 Å². The van der Waals surface area contributed by atoms with Gasteiger partial charge >= 0.3 is 0 Å². The zero-order chi connectivity index (χ0) is 14.3. The van der Waals surface area contributed by atoms with Crippen LogP contribution in [0.25, 0.3) is 0 Å². The lowest BCUT2D eigenvalue weighted by Crippen LogP contribution is -2.52. The molecule has 2 rings (SSSR count). The standard InChI is InChI=1S/C16H30N2O/c1-15(2,3)12-7-10-18(11-8-12)14(19)16(4)9-5-6-13(16)17/h12-13H,5-11,17H2,1-4H3. The minimum Gasteiger partial charge on any atom is -0.342 e. The van der Waals surface area contributed by atoms with Crippen LogP contribution in [0, 0.1) is 16.7 Å². The van der Waals surface area contributed by atoms with E-state index in [0.29, 0.717) is 11.3 Å². The third kappa shape index (κ3) is 2.81. The summed E-state index contributed by atoms with van der Waals surface area (Å²) in [4.78, 5) is 14.8. The Bertz CT molecular complexity index is 339. The molecule has 2 N–H and O–H groups in total. The summed E-state index contributed by atoms with van der Waals surface area (Å²) in [6.45, 7) is 10.8. The molecular weight excluding hydrogens is 236 g/mol. The predicted octanol–water partition coefficient (Wildman–Crippen LogP) is 2.79. The second-order valence-corrected chi connectivity index (χ2v) is 7.85. The van der Waals surface area contributed by atoms with Gasteiger partial charge in [0.15, 0.2) is 0 Å². The van der Waals surface area contributed by atoms with Crippen LogP contribution in [0.5, 0.6) is 0 Å². The van der Waals surface area contributed by atoms with Crippen LogP contribution in [-0.2, 0) is 4.79 Å². The largest absolute Gasteiger partial charge is 0.342 e. The molecule has 2 aliphatic rings. The Hall–Kier alpha value is -0.570. The quantitative estimate of drug-likeness (QED) is 0.793. The van der Waals surface area contributed by atoms with E-state index >= 15 is 0 Å². The first-order chi connectivity index (χ1) is 8.75. The summed E-state index contributed by atoms with van der Waals surface area (Å²) < 4.78 is 0. The molecule has 1 aliphatic heterocycles. The highest BCUT2D eigenvalue weighted by molar-refractivity contribution is 5.83. The van der Waals surface area contributed by atoms with Gasteiger partial charge in [-0.25, -0.2) is 0 Å². The lowest BCUT2D eigenvalue weighted by Gasteiger charge is -2.42. The molecule has 0 spiro atoms. The highest BCUT2D eigenvalue weighted by Crippen LogP contribution is 2.40. The maximum Gasteiger partial charge on any atom is 0.230 e. The summed E-state index contributed by atoms with van der Waals surface area (Å²) in [7, 11) is 0. The summed E-state index contributed by atoms with van der Waals surface area (Å²) in [6, 6.07) is 0.0559. The first-order valence-electron chi connectivity index (χ1n) is 7.80. The molecule has 1 aliphatic carbocycles. The third-order valence-electron chi connectivity index (χ3n) is 5.53. The fourth-order valence-electron chi connectivity index (χ4n) is 3.77. The van der Waals surface area contributed by atoms with Gasteiger partial charge in [0.25, 0.3) is 0 Å². The summed E-state index contributed by atoms with van der Waals surface area (Å²) in [6.07, 6.45) is 5.34. The number of nitrogens with zero attached hydrogens (tertiary/aromatic N) is 1. The van der Waals surface area contributed by atoms with Crippen molar-refractivity contribution in [1.82, 2.24) is 4.90 Å². The first-order valence-corrected chi connectivity index (χ1v) is 7.80. The second kappa shape index (κ2) is 5.08. The number of rotatable bonds is 1. The van der Waals surface area contributed by atoms with Gasteiger partial charge in [0.05, 0.1) is 5.41 Å². The lowest BCUT2D eigenvalue weighted by molar-refractivity contribution is -0.143. The van der Waals surface area contributed by atoms with E-state index in [1.54, 1.807) is 0 Å². The molecule has 2 unspecified atom stereocenters. The number of nitrogens with two attached hydrogens (primary N) is 1. The van der Waals surface area contributed by atoms with E-state index in [4.69, 9.17) is 5.73 Å². The first kappa shape index (κ1) is 14.8. The summed E-state index contributed by atoms with van der Waals surface area (Å²) in [5.74, 6) is 1.05. The minimum atomic E-state index is -0.297. The van der Waals surface area contributed by atoms with Crippen molar-refractivity contribution in [3.05, 3.63) is 0 Å². The smallest absolute Gasteiger partial charge is 0.230 e. The summed E-state index contributed by atoms with van der Waals surface area (Å²) >= 11 is 0. The molecule has 0 bridgehead atoms. The highest BCUT2D eigenvalue weighted by atomic mass is 16.2. The van der Waals surface area contributed by atoms with Crippen LogP contribution in [0.4, 0.5) is 0 Å². The Morgan fingerprint density at radius 2 is 1.79 bits per heavy atom. The maximum atomic E-state index is 12.7. The van der Waals surface area contributed by atoms with E-state index in [9.17, 15) is 4.79 Å². The number of hydrogen-bond acceptors (Lipinski definition) is 2. The Balaban J connectivity index is 1.96. The number of carbonyl (C=O) groups excluding carboxylic acids is 1. The molecule has 3 nitrogen and oxygen atoms in total. The van der Waals surface area contributed by atoms with Crippen LogP contribution in [0.3, 0.4) is 0 Å². The van der Waals surface area contributed by atoms with Crippen LogP contribution in [0.15, 0.2) is 0 Å². The molecule has 19 heavy (non-hydrogen) atoms. The molecule has 2 fully saturated rings. The Kier molecular flexibility index (Phi) is 3.97. The van der Waals surface area contributed by atoms with Crippen LogP contribution in [0.1, 0.15) is 59.8 Å². The highest BCUT2D eigenvalue weighted by Gasteiger charge is 2.45. The van der Waals surface area contributed by atoms with Gasteiger partial charge in [0, 0.05) is 19.1 Å².